The largest absolute Gasteiger partial charge is 0.299 e. The predicted octanol–water partition coefficient (Wildman–Crippen LogP) is 4.28. The van der Waals surface area contributed by atoms with E-state index in [1.807, 2.05) is 6.08 Å². The standard InChI is InChI=1S/C19H23IO2/c1-18-8-7-16-14(15(18)4-5-17(18)22)3-2-12-10-13(21)6-9-19(12,16)11-20/h2-3,10,14-16H,4-9,11H2,1H3/t14-,15-,16-,18-,19+/m0/s1. The Morgan fingerprint density at radius 2 is 2.00 bits per heavy atom. The van der Waals surface area contributed by atoms with Gasteiger partial charge in [0.2, 0.25) is 0 Å². The number of alkyl halides is 1. The second-order valence-electron chi connectivity index (χ2n) is 7.92. The summed E-state index contributed by atoms with van der Waals surface area (Å²) in [5, 5.41) is 0. The normalized spacial score (nSPS) is 46.8. The highest BCUT2D eigenvalue weighted by Gasteiger charge is 2.58. The maximum atomic E-state index is 12.4. The molecule has 2 nitrogen and oxygen atoms in total. The van der Waals surface area contributed by atoms with Crippen LogP contribution in [0.25, 0.3) is 0 Å². The van der Waals surface area contributed by atoms with Gasteiger partial charge in [0, 0.05) is 28.1 Å². The molecule has 0 spiro atoms. The van der Waals surface area contributed by atoms with Gasteiger partial charge in [0.1, 0.15) is 5.78 Å². The summed E-state index contributed by atoms with van der Waals surface area (Å²) in [5.74, 6) is 2.46. The lowest BCUT2D eigenvalue weighted by Crippen LogP contribution is -2.50. The molecular weight excluding hydrogens is 387 g/mol. The van der Waals surface area contributed by atoms with Crippen LogP contribution in [0.3, 0.4) is 0 Å². The van der Waals surface area contributed by atoms with E-state index in [1.165, 1.54) is 5.57 Å². The maximum absolute atomic E-state index is 12.4. The van der Waals surface area contributed by atoms with Crippen molar-refractivity contribution in [2.75, 3.05) is 4.43 Å². The minimum atomic E-state index is -0.0797. The van der Waals surface area contributed by atoms with Crippen molar-refractivity contribution in [3.05, 3.63) is 23.8 Å². The summed E-state index contributed by atoms with van der Waals surface area (Å²) in [6, 6.07) is 0. The summed E-state index contributed by atoms with van der Waals surface area (Å²) in [5.41, 5.74) is 1.37. The first-order valence-corrected chi connectivity index (χ1v) is 10.1. The Balaban J connectivity index is 1.78. The van der Waals surface area contributed by atoms with Crippen molar-refractivity contribution in [2.24, 2.45) is 28.6 Å². The van der Waals surface area contributed by atoms with Crippen molar-refractivity contribution in [2.45, 2.75) is 45.4 Å². The second-order valence-corrected chi connectivity index (χ2v) is 8.69. The van der Waals surface area contributed by atoms with Gasteiger partial charge in [-0.3, -0.25) is 9.59 Å². The number of ketones is 2. The van der Waals surface area contributed by atoms with Crippen LogP contribution in [-0.2, 0) is 9.59 Å². The van der Waals surface area contributed by atoms with Crippen molar-refractivity contribution in [1.82, 2.24) is 0 Å². The number of fused-ring (bicyclic) bond motifs is 5. The molecule has 22 heavy (non-hydrogen) atoms. The minimum absolute atomic E-state index is 0.0797. The van der Waals surface area contributed by atoms with Crippen LogP contribution >= 0.6 is 22.6 Å². The van der Waals surface area contributed by atoms with Crippen LogP contribution in [-0.4, -0.2) is 16.0 Å². The number of carbonyl (C=O) groups is 2. The SMILES string of the molecule is C[C@]12CC[C@H]3[C@@H](C=CC4=CC(=O)CC[C@@]43CI)[C@@H]1CCC2=O. The Bertz CT molecular complexity index is 605. The minimum Gasteiger partial charge on any atom is -0.299 e. The van der Waals surface area contributed by atoms with Gasteiger partial charge in [-0.25, -0.2) is 0 Å². The van der Waals surface area contributed by atoms with Crippen LogP contribution in [0.5, 0.6) is 0 Å². The molecule has 0 amide bonds. The molecule has 4 aliphatic rings. The van der Waals surface area contributed by atoms with Crippen molar-refractivity contribution < 1.29 is 9.59 Å². The third-order valence-corrected chi connectivity index (χ3v) is 8.56. The zero-order valence-corrected chi connectivity index (χ0v) is 15.3. The number of carbonyl (C=O) groups excluding carboxylic acids is 2. The van der Waals surface area contributed by atoms with Gasteiger partial charge in [0.25, 0.3) is 0 Å². The third-order valence-electron chi connectivity index (χ3n) is 7.20. The Labute approximate surface area is 145 Å². The number of allylic oxidation sites excluding steroid dienone is 4. The van der Waals surface area contributed by atoms with E-state index in [1.54, 1.807) is 0 Å². The quantitative estimate of drug-likeness (QED) is 0.478. The van der Waals surface area contributed by atoms with E-state index in [0.29, 0.717) is 30.0 Å². The van der Waals surface area contributed by atoms with Gasteiger partial charge in [-0.05, 0) is 55.1 Å². The first-order valence-electron chi connectivity index (χ1n) is 8.54. The van der Waals surface area contributed by atoms with Crippen molar-refractivity contribution in [1.29, 1.82) is 0 Å². The maximum Gasteiger partial charge on any atom is 0.156 e. The van der Waals surface area contributed by atoms with Gasteiger partial charge >= 0.3 is 0 Å². The molecule has 3 heteroatoms. The molecule has 0 N–H and O–H groups in total. The average Bonchev–Trinajstić information content (AvgIpc) is 2.82. The van der Waals surface area contributed by atoms with Gasteiger partial charge in [0.05, 0.1) is 0 Å². The zero-order chi connectivity index (χ0) is 15.5. The Morgan fingerprint density at radius 1 is 1.18 bits per heavy atom. The van der Waals surface area contributed by atoms with Crippen molar-refractivity contribution >= 4 is 34.2 Å². The topological polar surface area (TPSA) is 34.1 Å². The summed E-state index contributed by atoms with van der Waals surface area (Å²) in [6.45, 7) is 2.21. The lowest BCUT2D eigenvalue weighted by Gasteiger charge is -2.55. The molecule has 0 aromatic rings. The smallest absolute Gasteiger partial charge is 0.156 e. The monoisotopic (exact) mass is 410 g/mol. The van der Waals surface area contributed by atoms with E-state index in [2.05, 4.69) is 41.7 Å². The molecule has 4 aliphatic carbocycles. The fraction of sp³-hybridized carbons (Fsp3) is 0.684. The Morgan fingerprint density at radius 3 is 2.77 bits per heavy atom. The van der Waals surface area contributed by atoms with Crippen molar-refractivity contribution in [3.63, 3.8) is 0 Å². The van der Waals surface area contributed by atoms with Crippen LogP contribution in [0.1, 0.15) is 45.4 Å². The van der Waals surface area contributed by atoms with E-state index >= 15 is 0 Å². The highest BCUT2D eigenvalue weighted by atomic mass is 127. The molecule has 0 unspecified atom stereocenters. The van der Waals surface area contributed by atoms with Crippen LogP contribution in [0.2, 0.25) is 0 Å². The number of rotatable bonds is 1. The van der Waals surface area contributed by atoms with Gasteiger partial charge in [-0.15, -0.1) is 0 Å². The second kappa shape index (κ2) is 5.02. The highest BCUT2D eigenvalue weighted by molar-refractivity contribution is 14.1. The zero-order valence-electron chi connectivity index (χ0n) is 13.1. The Kier molecular flexibility index (Phi) is 3.45. The number of hydrogen-bond acceptors (Lipinski definition) is 2. The van der Waals surface area contributed by atoms with Gasteiger partial charge in [-0.1, -0.05) is 41.7 Å². The molecule has 2 fully saturated rings. The molecule has 0 radical (unpaired) electrons. The summed E-state index contributed by atoms with van der Waals surface area (Å²) >= 11 is 2.52. The number of halogens is 1. The van der Waals surface area contributed by atoms with Gasteiger partial charge in [-0.2, -0.15) is 0 Å². The molecule has 118 valence electrons. The molecular formula is C19H23IO2. The lowest BCUT2D eigenvalue weighted by molar-refractivity contribution is -0.130. The summed E-state index contributed by atoms with van der Waals surface area (Å²) in [6.07, 6.45) is 12.2. The molecule has 0 bridgehead atoms. The molecule has 4 rings (SSSR count). The number of Topliss-reactive ketones (excluding diaryl/α,β-unsaturated/α-hetero) is 1. The van der Waals surface area contributed by atoms with Crippen molar-refractivity contribution in [3.8, 4) is 0 Å². The number of hydrogen-bond donors (Lipinski definition) is 0. The molecule has 0 aromatic carbocycles. The van der Waals surface area contributed by atoms with Crippen LogP contribution < -0.4 is 0 Å². The summed E-state index contributed by atoms with van der Waals surface area (Å²) in [4.78, 5) is 24.3. The summed E-state index contributed by atoms with van der Waals surface area (Å²) < 4.78 is 1.09. The van der Waals surface area contributed by atoms with E-state index in [4.69, 9.17) is 0 Å². The molecule has 0 aromatic heterocycles. The lowest BCUT2D eigenvalue weighted by atomic mass is 9.49. The fourth-order valence-corrected chi connectivity index (χ4v) is 7.22. The van der Waals surface area contributed by atoms with E-state index < -0.39 is 0 Å². The molecule has 5 atom stereocenters. The fourth-order valence-electron chi connectivity index (χ4n) is 5.83. The molecule has 0 heterocycles. The molecule has 2 saturated carbocycles. The first-order chi connectivity index (χ1) is 10.5. The van der Waals surface area contributed by atoms with Crippen LogP contribution in [0, 0.1) is 28.6 Å². The first kappa shape index (κ1) is 15.1. The Hall–Kier alpha value is -0.450. The van der Waals surface area contributed by atoms with Crippen LogP contribution in [0.4, 0.5) is 0 Å². The van der Waals surface area contributed by atoms with Gasteiger partial charge < -0.3 is 0 Å². The average molecular weight is 410 g/mol. The predicted molar refractivity (Wildman–Crippen MR) is 94.8 cm³/mol. The third kappa shape index (κ3) is 1.83. The molecule has 0 saturated heterocycles. The van der Waals surface area contributed by atoms with Crippen LogP contribution in [0.15, 0.2) is 23.8 Å². The molecule has 0 aliphatic heterocycles. The van der Waals surface area contributed by atoms with E-state index in [-0.39, 0.29) is 16.6 Å². The highest BCUT2D eigenvalue weighted by Crippen LogP contribution is 2.63. The summed E-state index contributed by atoms with van der Waals surface area (Å²) in [7, 11) is 0. The van der Waals surface area contributed by atoms with E-state index in [9.17, 15) is 9.59 Å². The van der Waals surface area contributed by atoms with Gasteiger partial charge in [0.15, 0.2) is 5.78 Å². The van der Waals surface area contributed by atoms with E-state index in [0.717, 1.165) is 36.5 Å².